The first kappa shape index (κ1) is 21.4. The zero-order valence-electron chi connectivity index (χ0n) is 13.8. The van der Waals surface area contributed by atoms with Crippen LogP contribution in [0.2, 0.25) is 14.4 Å². The molecule has 0 aliphatic carbocycles. The van der Waals surface area contributed by atoms with E-state index in [1.807, 2.05) is 6.26 Å². The van der Waals surface area contributed by atoms with Gasteiger partial charge in [0.15, 0.2) is 0 Å². The largest absolute Gasteiger partial charge is 0.458 e. The third-order valence-electron chi connectivity index (χ3n) is 3.36. The quantitative estimate of drug-likeness (QED) is 0.552. The summed E-state index contributed by atoms with van der Waals surface area (Å²) in [5.41, 5.74) is 0.253. The molecule has 2 rings (SSSR count). The van der Waals surface area contributed by atoms with Gasteiger partial charge in [-0.1, -0.05) is 34.8 Å². The highest BCUT2D eigenvalue weighted by Gasteiger charge is 2.24. The number of amides is 1. The predicted molar refractivity (Wildman–Crippen MR) is 110 cm³/mol. The Kier molecular flexibility index (Phi) is 8.57. The maximum absolute atomic E-state index is 12.5. The Morgan fingerprint density at radius 2 is 2.00 bits per heavy atom. The van der Waals surface area contributed by atoms with E-state index < -0.39 is 17.9 Å². The Labute approximate surface area is 175 Å². The molecular formula is C17H16Cl3NO3S2. The SMILES string of the molecule is CSCCC(NC(=O)c1ccc(Cl)cc1Cl)C(=O)OCc1ccc(Cl)s1. The second-order valence-corrected chi connectivity index (χ2v) is 8.87. The lowest BCUT2D eigenvalue weighted by molar-refractivity contribution is -0.147. The zero-order valence-corrected chi connectivity index (χ0v) is 17.7. The van der Waals surface area contributed by atoms with Crippen molar-refractivity contribution >= 4 is 69.8 Å². The molecule has 1 atom stereocenters. The van der Waals surface area contributed by atoms with E-state index in [1.54, 1.807) is 30.0 Å². The van der Waals surface area contributed by atoms with E-state index in [9.17, 15) is 9.59 Å². The maximum atomic E-state index is 12.5. The van der Waals surface area contributed by atoms with Gasteiger partial charge in [-0.25, -0.2) is 4.79 Å². The number of benzene rings is 1. The number of esters is 1. The summed E-state index contributed by atoms with van der Waals surface area (Å²) >= 11 is 20.7. The van der Waals surface area contributed by atoms with Crippen LogP contribution < -0.4 is 5.32 Å². The molecule has 140 valence electrons. The summed E-state index contributed by atoms with van der Waals surface area (Å²) < 4.78 is 5.95. The summed E-state index contributed by atoms with van der Waals surface area (Å²) in [6.45, 7) is 0.115. The fraction of sp³-hybridized carbons (Fsp3) is 0.294. The average molecular weight is 453 g/mol. The Hall–Kier alpha value is -0.920. The Morgan fingerprint density at radius 3 is 2.62 bits per heavy atom. The van der Waals surface area contributed by atoms with Crippen molar-refractivity contribution in [3.05, 3.63) is 55.2 Å². The first-order valence-electron chi connectivity index (χ1n) is 7.56. The number of carbonyl (C=O) groups is 2. The van der Waals surface area contributed by atoms with Gasteiger partial charge >= 0.3 is 5.97 Å². The minimum absolute atomic E-state index is 0.115. The average Bonchev–Trinajstić information content (AvgIpc) is 3.01. The summed E-state index contributed by atoms with van der Waals surface area (Å²) in [6, 6.07) is 7.34. The number of carbonyl (C=O) groups excluding carboxylic acids is 2. The molecule has 1 amide bonds. The van der Waals surface area contributed by atoms with Gasteiger partial charge < -0.3 is 10.1 Å². The summed E-state index contributed by atoms with van der Waals surface area (Å²) in [4.78, 5) is 25.7. The molecule has 2 aromatic rings. The highest BCUT2D eigenvalue weighted by Crippen LogP contribution is 2.23. The first-order chi connectivity index (χ1) is 12.4. The third-order valence-corrected chi connectivity index (χ3v) is 5.76. The van der Waals surface area contributed by atoms with E-state index in [0.29, 0.717) is 21.5 Å². The van der Waals surface area contributed by atoms with Gasteiger partial charge in [-0.2, -0.15) is 11.8 Å². The molecule has 0 saturated carbocycles. The van der Waals surface area contributed by atoms with Crippen LogP contribution in [0, 0.1) is 0 Å². The second-order valence-electron chi connectivity index (χ2n) is 5.25. The normalized spacial score (nSPS) is 11.8. The zero-order chi connectivity index (χ0) is 19.1. The summed E-state index contributed by atoms with van der Waals surface area (Å²) in [5.74, 6) is -0.255. The van der Waals surface area contributed by atoms with Crippen molar-refractivity contribution in [2.45, 2.75) is 19.1 Å². The standard InChI is InChI=1S/C17H16Cl3NO3S2/c1-25-7-6-14(17(23)24-9-11-3-5-15(20)26-11)21-16(22)12-4-2-10(18)8-13(12)19/h2-5,8,14H,6-7,9H2,1H3,(H,21,22). The highest BCUT2D eigenvalue weighted by molar-refractivity contribution is 7.98. The minimum atomic E-state index is -0.767. The number of rotatable bonds is 8. The lowest BCUT2D eigenvalue weighted by Gasteiger charge is -2.17. The fourth-order valence-electron chi connectivity index (χ4n) is 2.07. The van der Waals surface area contributed by atoms with Crippen molar-refractivity contribution < 1.29 is 14.3 Å². The molecule has 26 heavy (non-hydrogen) atoms. The van der Waals surface area contributed by atoms with Gasteiger partial charge in [0.25, 0.3) is 5.91 Å². The minimum Gasteiger partial charge on any atom is -0.458 e. The first-order valence-corrected chi connectivity index (χ1v) is 10.9. The monoisotopic (exact) mass is 451 g/mol. The highest BCUT2D eigenvalue weighted by atomic mass is 35.5. The number of hydrogen-bond acceptors (Lipinski definition) is 5. The number of hydrogen-bond donors (Lipinski definition) is 1. The van der Waals surface area contributed by atoms with Crippen molar-refractivity contribution in [2.24, 2.45) is 0 Å². The molecule has 0 radical (unpaired) electrons. The number of thioether (sulfide) groups is 1. The Morgan fingerprint density at radius 1 is 1.23 bits per heavy atom. The number of halogens is 3. The van der Waals surface area contributed by atoms with Gasteiger partial charge in [-0.05, 0) is 48.8 Å². The molecule has 0 aliphatic heterocycles. The lowest BCUT2D eigenvalue weighted by Crippen LogP contribution is -2.42. The van der Waals surface area contributed by atoms with E-state index in [2.05, 4.69) is 5.32 Å². The molecule has 9 heteroatoms. The summed E-state index contributed by atoms with van der Waals surface area (Å²) in [7, 11) is 0. The number of ether oxygens (including phenoxy) is 1. The molecule has 0 bridgehead atoms. The molecule has 0 spiro atoms. The van der Waals surface area contributed by atoms with E-state index in [4.69, 9.17) is 39.5 Å². The third kappa shape index (κ3) is 6.35. The van der Waals surface area contributed by atoms with E-state index in [1.165, 1.54) is 23.5 Å². The van der Waals surface area contributed by atoms with E-state index in [0.717, 1.165) is 4.88 Å². The molecule has 1 aromatic carbocycles. The van der Waals surface area contributed by atoms with Crippen LogP contribution in [-0.2, 0) is 16.1 Å². The van der Waals surface area contributed by atoms with Crippen molar-refractivity contribution in [2.75, 3.05) is 12.0 Å². The molecular weight excluding hydrogens is 437 g/mol. The molecule has 1 N–H and O–H groups in total. The van der Waals surface area contributed by atoms with Gasteiger partial charge in [0.2, 0.25) is 0 Å². The van der Waals surface area contributed by atoms with Crippen LogP contribution in [0.3, 0.4) is 0 Å². The van der Waals surface area contributed by atoms with Crippen molar-refractivity contribution in [3.63, 3.8) is 0 Å². The van der Waals surface area contributed by atoms with Crippen LogP contribution in [0.1, 0.15) is 21.7 Å². The van der Waals surface area contributed by atoms with Crippen LogP contribution in [0.5, 0.6) is 0 Å². The fourth-order valence-corrected chi connectivity index (χ4v) is 4.03. The Bertz CT molecular complexity index is 782. The molecule has 1 heterocycles. The van der Waals surface area contributed by atoms with Crippen LogP contribution in [0.15, 0.2) is 30.3 Å². The molecule has 0 saturated heterocycles. The molecule has 1 unspecified atom stereocenters. The molecule has 1 aromatic heterocycles. The summed E-state index contributed by atoms with van der Waals surface area (Å²) in [6.07, 6.45) is 2.37. The topological polar surface area (TPSA) is 55.4 Å². The number of thiophene rings is 1. The molecule has 4 nitrogen and oxygen atoms in total. The van der Waals surface area contributed by atoms with Gasteiger partial charge in [0, 0.05) is 9.90 Å². The predicted octanol–water partition coefficient (Wildman–Crippen LogP) is 5.30. The van der Waals surface area contributed by atoms with Crippen LogP contribution >= 0.6 is 57.9 Å². The van der Waals surface area contributed by atoms with Crippen molar-refractivity contribution in [1.29, 1.82) is 0 Å². The summed E-state index contributed by atoms with van der Waals surface area (Å²) in [5, 5.41) is 3.35. The number of nitrogens with one attached hydrogen (secondary N) is 1. The van der Waals surface area contributed by atoms with Crippen molar-refractivity contribution in [3.8, 4) is 0 Å². The van der Waals surface area contributed by atoms with Crippen LogP contribution in [0.4, 0.5) is 0 Å². The van der Waals surface area contributed by atoms with Crippen LogP contribution in [-0.4, -0.2) is 29.9 Å². The van der Waals surface area contributed by atoms with Gasteiger partial charge in [0.05, 0.1) is 14.9 Å². The van der Waals surface area contributed by atoms with E-state index in [-0.39, 0.29) is 17.2 Å². The van der Waals surface area contributed by atoms with Gasteiger partial charge in [-0.15, -0.1) is 11.3 Å². The molecule has 0 fully saturated rings. The molecule has 0 aliphatic rings. The lowest BCUT2D eigenvalue weighted by atomic mass is 10.1. The van der Waals surface area contributed by atoms with Gasteiger partial charge in [0.1, 0.15) is 12.6 Å². The maximum Gasteiger partial charge on any atom is 0.329 e. The van der Waals surface area contributed by atoms with E-state index >= 15 is 0 Å². The second kappa shape index (κ2) is 10.4. The smallest absolute Gasteiger partial charge is 0.329 e. The van der Waals surface area contributed by atoms with Crippen molar-refractivity contribution in [1.82, 2.24) is 5.32 Å². The van der Waals surface area contributed by atoms with Crippen LogP contribution in [0.25, 0.3) is 0 Å². The Balaban J connectivity index is 2.02. The van der Waals surface area contributed by atoms with Gasteiger partial charge in [-0.3, -0.25) is 4.79 Å².